The van der Waals surface area contributed by atoms with Crippen LogP contribution in [-0.2, 0) is 9.59 Å². The van der Waals surface area contributed by atoms with Crippen molar-refractivity contribution in [3.63, 3.8) is 0 Å². The molecule has 8 nitrogen and oxygen atoms in total. The van der Waals surface area contributed by atoms with Gasteiger partial charge in [0.05, 0.1) is 11.1 Å². The second kappa shape index (κ2) is 6.53. The van der Waals surface area contributed by atoms with Gasteiger partial charge in [0, 0.05) is 24.2 Å². The van der Waals surface area contributed by atoms with Gasteiger partial charge in [-0.25, -0.2) is 0 Å². The molecule has 0 radical (unpaired) electrons. The lowest BCUT2D eigenvalue weighted by Gasteiger charge is -2.27. The number of nitrogens with two attached hydrogens (primary N) is 1. The molecule has 0 aromatic heterocycles. The first kappa shape index (κ1) is 18.1. The van der Waals surface area contributed by atoms with Crippen LogP contribution in [-0.4, -0.2) is 46.7 Å². The largest absolute Gasteiger partial charge is 0.385 e. The van der Waals surface area contributed by atoms with E-state index in [0.29, 0.717) is 12.2 Å². The van der Waals surface area contributed by atoms with Crippen LogP contribution in [0.2, 0.25) is 0 Å². The number of imide groups is 2. The average molecular weight is 358 g/mol. The zero-order valence-electron chi connectivity index (χ0n) is 14.8. The lowest BCUT2D eigenvalue weighted by Crippen LogP contribution is -2.54. The SMILES string of the molecule is CC(C)(N)CCNc1ccc2c(c1)C(=O)N(C1CCC(=O)NC1=O)C2=O. The van der Waals surface area contributed by atoms with Gasteiger partial charge in [0.2, 0.25) is 11.8 Å². The van der Waals surface area contributed by atoms with Crippen molar-refractivity contribution in [2.45, 2.75) is 44.7 Å². The van der Waals surface area contributed by atoms with Gasteiger partial charge in [0.15, 0.2) is 0 Å². The Morgan fingerprint density at radius 1 is 1.19 bits per heavy atom. The highest BCUT2D eigenvalue weighted by Gasteiger charge is 2.44. The summed E-state index contributed by atoms with van der Waals surface area (Å²) in [6.45, 7) is 4.48. The normalized spacial score (nSPS) is 20.3. The number of nitrogens with zero attached hydrogens (tertiary/aromatic N) is 1. The Hall–Kier alpha value is -2.74. The van der Waals surface area contributed by atoms with Crippen molar-refractivity contribution in [1.82, 2.24) is 10.2 Å². The average Bonchev–Trinajstić information content (AvgIpc) is 2.78. The molecular weight excluding hydrogens is 336 g/mol. The number of hydrogen-bond acceptors (Lipinski definition) is 6. The molecule has 0 spiro atoms. The molecule has 8 heteroatoms. The topological polar surface area (TPSA) is 122 Å². The van der Waals surface area contributed by atoms with Gasteiger partial charge in [-0.05, 0) is 44.9 Å². The predicted octanol–water partition coefficient (Wildman–Crippen LogP) is 0.627. The minimum Gasteiger partial charge on any atom is -0.385 e. The van der Waals surface area contributed by atoms with Gasteiger partial charge < -0.3 is 11.1 Å². The van der Waals surface area contributed by atoms with Gasteiger partial charge in [0.25, 0.3) is 11.8 Å². The molecule has 1 fully saturated rings. The highest BCUT2D eigenvalue weighted by atomic mass is 16.2. The maximum Gasteiger partial charge on any atom is 0.262 e. The number of carbonyl (C=O) groups is 4. The quantitative estimate of drug-likeness (QED) is 0.664. The zero-order valence-corrected chi connectivity index (χ0v) is 14.8. The van der Waals surface area contributed by atoms with Crippen LogP contribution in [0.5, 0.6) is 0 Å². The van der Waals surface area contributed by atoms with Crippen molar-refractivity contribution < 1.29 is 19.2 Å². The van der Waals surface area contributed by atoms with E-state index in [1.807, 2.05) is 13.8 Å². The third kappa shape index (κ3) is 3.45. The number of anilines is 1. The molecule has 3 rings (SSSR count). The molecule has 2 aliphatic rings. The van der Waals surface area contributed by atoms with Crippen molar-refractivity contribution in [2.24, 2.45) is 5.73 Å². The molecule has 1 atom stereocenters. The van der Waals surface area contributed by atoms with Crippen LogP contribution in [0.3, 0.4) is 0 Å². The molecule has 0 saturated carbocycles. The van der Waals surface area contributed by atoms with E-state index in [0.717, 1.165) is 11.3 Å². The van der Waals surface area contributed by atoms with E-state index in [2.05, 4.69) is 10.6 Å². The molecule has 0 bridgehead atoms. The first-order chi connectivity index (χ1) is 12.2. The Balaban J connectivity index is 1.77. The molecule has 1 aromatic carbocycles. The number of benzene rings is 1. The number of carbonyl (C=O) groups excluding carboxylic acids is 4. The summed E-state index contributed by atoms with van der Waals surface area (Å²) in [5.41, 5.74) is 6.88. The van der Waals surface area contributed by atoms with Gasteiger partial charge in [-0.1, -0.05) is 0 Å². The number of amides is 4. The van der Waals surface area contributed by atoms with Crippen LogP contribution >= 0.6 is 0 Å². The molecule has 0 aliphatic carbocycles. The maximum atomic E-state index is 12.7. The van der Waals surface area contributed by atoms with Gasteiger partial charge in [0.1, 0.15) is 6.04 Å². The summed E-state index contributed by atoms with van der Waals surface area (Å²) in [6, 6.07) is 3.97. The van der Waals surface area contributed by atoms with Crippen LogP contribution in [0.25, 0.3) is 0 Å². The maximum absolute atomic E-state index is 12.7. The molecule has 26 heavy (non-hydrogen) atoms. The van der Waals surface area contributed by atoms with Crippen molar-refractivity contribution in [3.05, 3.63) is 29.3 Å². The first-order valence-electron chi connectivity index (χ1n) is 8.56. The fourth-order valence-electron chi connectivity index (χ4n) is 3.11. The minimum absolute atomic E-state index is 0.103. The summed E-state index contributed by atoms with van der Waals surface area (Å²) in [7, 11) is 0. The van der Waals surface area contributed by atoms with Gasteiger partial charge in [-0.2, -0.15) is 0 Å². The number of nitrogens with one attached hydrogen (secondary N) is 2. The lowest BCUT2D eigenvalue weighted by atomic mass is 10.0. The molecule has 2 aliphatic heterocycles. The summed E-state index contributed by atoms with van der Waals surface area (Å²) < 4.78 is 0. The molecule has 1 saturated heterocycles. The van der Waals surface area contributed by atoms with Crippen LogP contribution in [0.1, 0.15) is 53.8 Å². The molecule has 1 aromatic rings. The van der Waals surface area contributed by atoms with Crippen molar-refractivity contribution in [1.29, 1.82) is 0 Å². The smallest absolute Gasteiger partial charge is 0.262 e. The summed E-state index contributed by atoms with van der Waals surface area (Å²) in [5.74, 6) is -2.02. The Bertz CT molecular complexity index is 797. The van der Waals surface area contributed by atoms with E-state index < -0.39 is 29.7 Å². The van der Waals surface area contributed by atoms with Crippen molar-refractivity contribution >= 4 is 29.3 Å². The van der Waals surface area contributed by atoms with Gasteiger partial charge >= 0.3 is 0 Å². The zero-order chi connectivity index (χ0) is 19.1. The minimum atomic E-state index is -0.949. The Morgan fingerprint density at radius 2 is 1.88 bits per heavy atom. The van der Waals surface area contributed by atoms with E-state index in [1.165, 1.54) is 0 Å². The Labute approximate surface area is 151 Å². The van der Waals surface area contributed by atoms with E-state index in [-0.39, 0.29) is 29.5 Å². The second-order valence-corrected chi connectivity index (χ2v) is 7.37. The molecule has 4 amide bonds. The summed E-state index contributed by atoms with van der Waals surface area (Å²) in [6.07, 6.45) is 0.984. The first-order valence-corrected chi connectivity index (χ1v) is 8.56. The third-order valence-electron chi connectivity index (χ3n) is 4.54. The summed E-state index contributed by atoms with van der Waals surface area (Å²) >= 11 is 0. The standard InChI is InChI=1S/C18H22N4O4/c1-18(2,19)7-8-20-10-3-4-11-12(9-10)17(26)22(16(11)25)13-5-6-14(23)21-15(13)24/h3-4,9,13,20H,5-8,19H2,1-2H3,(H,21,23,24). The van der Waals surface area contributed by atoms with E-state index in [4.69, 9.17) is 5.73 Å². The Kier molecular flexibility index (Phi) is 4.53. The van der Waals surface area contributed by atoms with Gasteiger partial charge in [-0.15, -0.1) is 0 Å². The number of piperidine rings is 1. The van der Waals surface area contributed by atoms with Crippen LogP contribution < -0.4 is 16.4 Å². The van der Waals surface area contributed by atoms with Crippen molar-refractivity contribution in [3.8, 4) is 0 Å². The molecule has 2 heterocycles. The number of fused-ring (bicyclic) bond motifs is 1. The number of hydrogen-bond donors (Lipinski definition) is 3. The van der Waals surface area contributed by atoms with Gasteiger partial charge in [-0.3, -0.25) is 29.4 Å². The van der Waals surface area contributed by atoms with Crippen LogP contribution in [0, 0.1) is 0 Å². The molecular formula is C18H22N4O4. The fraction of sp³-hybridized carbons (Fsp3) is 0.444. The number of rotatable bonds is 5. The predicted molar refractivity (Wildman–Crippen MR) is 94.5 cm³/mol. The van der Waals surface area contributed by atoms with Crippen molar-refractivity contribution in [2.75, 3.05) is 11.9 Å². The lowest BCUT2D eigenvalue weighted by molar-refractivity contribution is -0.136. The van der Waals surface area contributed by atoms with E-state index in [1.54, 1.807) is 18.2 Å². The summed E-state index contributed by atoms with van der Waals surface area (Å²) in [5, 5.41) is 5.37. The molecule has 138 valence electrons. The fourth-order valence-corrected chi connectivity index (χ4v) is 3.11. The monoisotopic (exact) mass is 358 g/mol. The Morgan fingerprint density at radius 3 is 2.54 bits per heavy atom. The highest BCUT2D eigenvalue weighted by molar-refractivity contribution is 6.23. The molecule has 4 N–H and O–H groups in total. The highest BCUT2D eigenvalue weighted by Crippen LogP contribution is 2.29. The molecule has 1 unspecified atom stereocenters. The van der Waals surface area contributed by atoms with Crippen LogP contribution in [0.15, 0.2) is 18.2 Å². The van der Waals surface area contributed by atoms with E-state index in [9.17, 15) is 19.2 Å². The van der Waals surface area contributed by atoms with Crippen LogP contribution in [0.4, 0.5) is 5.69 Å². The third-order valence-corrected chi connectivity index (χ3v) is 4.54. The second-order valence-electron chi connectivity index (χ2n) is 7.37. The van der Waals surface area contributed by atoms with E-state index >= 15 is 0 Å². The summed E-state index contributed by atoms with van der Waals surface area (Å²) in [4.78, 5) is 49.6.